The smallest absolute Gasteiger partial charge is 0.329 e. The summed E-state index contributed by atoms with van der Waals surface area (Å²) in [5.74, 6) is 0.0403. The standard InChI is InChI=1S/C13H17NO3/c1-3-13(12(15)16)8-7-9-10(14-13)5-4-6-11(9)17-2/h4-6,14H,3,7-8H2,1-2H3,(H,15,16). The summed E-state index contributed by atoms with van der Waals surface area (Å²) in [6, 6.07) is 5.68. The van der Waals surface area contributed by atoms with Gasteiger partial charge in [-0.1, -0.05) is 13.0 Å². The Morgan fingerprint density at radius 1 is 1.59 bits per heavy atom. The minimum Gasteiger partial charge on any atom is -0.496 e. The van der Waals surface area contributed by atoms with Crippen molar-refractivity contribution in [2.24, 2.45) is 0 Å². The van der Waals surface area contributed by atoms with E-state index in [1.807, 2.05) is 25.1 Å². The van der Waals surface area contributed by atoms with Crippen molar-refractivity contribution >= 4 is 11.7 Å². The number of ether oxygens (including phenoxy) is 1. The maximum Gasteiger partial charge on any atom is 0.329 e. The SMILES string of the molecule is CCC1(C(=O)O)CCc2c(cccc2OC)N1. The number of carbonyl (C=O) groups is 1. The van der Waals surface area contributed by atoms with E-state index in [-0.39, 0.29) is 0 Å². The van der Waals surface area contributed by atoms with Crippen LogP contribution in [0.3, 0.4) is 0 Å². The number of hydrogen-bond acceptors (Lipinski definition) is 3. The molecule has 0 radical (unpaired) electrons. The van der Waals surface area contributed by atoms with E-state index in [1.54, 1.807) is 7.11 Å². The number of rotatable bonds is 3. The molecule has 1 aromatic carbocycles. The van der Waals surface area contributed by atoms with E-state index in [0.717, 1.165) is 23.4 Å². The summed E-state index contributed by atoms with van der Waals surface area (Å²) in [6.45, 7) is 1.90. The third-order valence-corrected chi connectivity index (χ3v) is 3.54. The summed E-state index contributed by atoms with van der Waals surface area (Å²) in [5.41, 5.74) is 1.11. The molecule has 0 spiro atoms. The van der Waals surface area contributed by atoms with Gasteiger partial charge in [-0.05, 0) is 31.4 Å². The second-order valence-corrected chi connectivity index (χ2v) is 4.35. The molecular formula is C13H17NO3. The van der Waals surface area contributed by atoms with Crippen LogP contribution in [0.4, 0.5) is 5.69 Å². The number of carboxylic acids is 1. The van der Waals surface area contributed by atoms with Crippen molar-refractivity contribution in [1.29, 1.82) is 0 Å². The molecule has 0 saturated carbocycles. The van der Waals surface area contributed by atoms with E-state index >= 15 is 0 Å². The van der Waals surface area contributed by atoms with Crippen LogP contribution in [-0.4, -0.2) is 23.7 Å². The van der Waals surface area contributed by atoms with Crippen molar-refractivity contribution in [2.45, 2.75) is 31.7 Å². The number of nitrogens with one attached hydrogen (secondary N) is 1. The zero-order valence-corrected chi connectivity index (χ0v) is 10.1. The first kappa shape index (κ1) is 11.8. The van der Waals surface area contributed by atoms with Crippen LogP contribution in [-0.2, 0) is 11.2 Å². The van der Waals surface area contributed by atoms with Crippen molar-refractivity contribution < 1.29 is 14.6 Å². The Balaban J connectivity index is 2.40. The van der Waals surface area contributed by atoms with Crippen molar-refractivity contribution in [3.63, 3.8) is 0 Å². The molecule has 17 heavy (non-hydrogen) atoms. The first-order chi connectivity index (χ1) is 8.13. The Morgan fingerprint density at radius 3 is 2.94 bits per heavy atom. The van der Waals surface area contributed by atoms with Crippen LogP contribution in [0.5, 0.6) is 5.75 Å². The van der Waals surface area contributed by atoms with Crippen LogP contribution in [0.15, 0.2) is 18.2 Å². The molecule has 2 N–H and O–H groups in total. The molecule has 0 saturated heterocycles. The van der Waals surface area contributed by atoms with Crippen molar-refractivity contribution in [2.75, 3.05) is 12.4 Å². The molecule has 1 aliphatic rings. The highest BCUT2D eigenvalue weighted by Gasteiger charge is 2.40. The van der Waals surface area contributed by atoms with Crippen LogP contribution in [0.2, 0.25) is 0 Å². The molecule has 1 unspecified atom stereocenters. The van der Waals surface area contributed by atoms with E-state index in [9.17, 15) is 9.90 Å². The Bertz CT molecular complexity index is 444. The van der Waals surface area contributed by atoms with E-state index in [2.05, 4.69) is 5.32 Å². The second-order valence-electron chi connectivity index (χ2n) is 4.35. The normalized spacial score (nSPS) is 22.5. The van der Waals surface area contributed by atoms with Crippen LogP contribution >= 0.6 is 0 Å². The maximum atomic E-state index is 11.4. The zero-order chi connectivity index (χ0) is 12.5. The Labute approximate surface area is 101 Å². The molecule has 4 nitrogen and oxygen atoms in total. The van der Waals surface area contributed by atoms with Crippen molar-refractivity contribution in [1.82, 2.24) is 0 Å². The lowest BCUT2D eigenvalue weighted by Crippen LogP contribution is -2.48. The van der Waals surface area contributed by atoms with E-state index in [0.29, 0.717) is 12.8 Å². The molecule has 4 heteroatoms. The van der Waals surface area contributed by atoms with Gasteiger partial charge in [0.15, 0.2) is 0 Å². The lowest BCUT2D eigenvalue weighted by molar-refractivity contribution is -0.142. The number of hydrogen-bond donors (Lipinski definition) is 2. The van der Waals surface area contributed by atoms with Gasteiger partial charge in [-0.3, -0.25) is 0 Å². The summed E-state index contributed by atoms with van der Waals surface area (Å²) in [7, 11) is 1.63. The van der Waals surface area contributed by atoms with Gasteiger partial charge in [-0.15, -0.1) is 0 Å². The summed E-state index contributed by atoms with van der Waals surface area (Å²) in [4.78, 5) is 11.4. The lowest BCUT2D eigenvalue weighted by atomic mass is 9.84. The Morgan fingerprint density at radius 2 is 2.35 bits per heavy atom. The first-order valence-electron chi connectivity index (χ1n) is 5.80. The molecule has 2 rings (SSSR count). The number of benzene rings is 1. The fourth-order valence-electron chi connectivity index (χ4n) is 2.37. The Kier molecular flexibility index (Phi) is 2.96. The molecule has 92 valence electrons. The molecule has 0 aromatic heterocycles. The number of anilines is 1. The average molecular weight is 235 g/mol. The first-order valence-corrected chi connectivity index (χ1v) is 5.80. The van der Waals surface area contributed by atoms with Crippen LogP contribution in [0.25, 0.3) is 0 Å². The highest BCUT2D eigenvalue weighted by atomic mass is 16.5. The number of aliphatic carboxylic acids is 1. The predicted octanol–water partition coefficient (Wildman–Crippen LogP) is 2.29. The average Bonchev–Trinajstić information content (AvgIpc) is 2.36. The van der Waals surface area contributed by atoms with Crippen molar-refractivity contribution in [3.05, 3.63) is 23.8 Å². The molecular weight excluding hydrogens is 218 g/mol. The molecule has 1 aromatic rings. The van der Waals surface area contributed by atoms with E-state index in [4.69, 9.17) is 4.74 Å². The van der Waals surface area contributed by atoms with Gasteiger partial charge in [-0.2, -0.15) is 0 Å². The fraction of sp³-hybridized carbons (Fsp3) is 0.462. The molecule has 0 bridgehead atoms. The fourth-order valence-corrected chi connectivity index (χ4v) is 2.37. The summed E-state index contributed by atoms with van der Waals surface area (Å²) >= 11 is 0. The van der Waals surface area contributed by atoms with E-state index < -0.39 is 11.5 Å². The highest BCUT2D eigenvalue weighted by molar-refractivity contribution is 5.84. The number of carboxylic acid groups (broad SMARTS) is 1. The lowest BCUT2D eigenvalue weighted by Gasteiger charge is -2.36. The van der Waals surface area contributed by atoms with Crippen LogP contribution < -0.4 is 10.1 Å². The van der Waals surface area contributed by atoms with Gasteiger partial charge in [0, 0.05) is 11.3 Å². The molecule has 1 aliphatic heterocycles. The van der Waals surface area contributed by atoms with Gasteiger partial charge in [0.1, 0.15) is 11.3 Å². The minimum absolute atomic E-state index is 0.568. The molecule has 1 heterocycles. The largest absolute Gasteiger partial charge is 0.496 e. The summed E-state index contributed by atoms with van der Waals surface area (Å²) < 4.78 is 5.29. The third kappa shape index (κ3) is 1.84. The third-order valence-electron chi connectivity index (χ3n) is 3.54. The maximum absolute atomic E-state index is 11.4. The van der Waals surface area contributed by atoms with Crippen LogP contribution in [0, 0.1) is 0 Å². The van der Waals surface area contributed by atoms with Crippen molar-refractivity contribution in [3.8, 4) is 5.75 Å². The van der Waals surface area contributed by atoms with Gasteiger partial charge in [-0.25, -0.2) is 4.79 Å². The second kappa shape index (κ2) is 4.28. The molecule has 0 fully saturated rings. The van der Waals surface area contributed by atoms with Crippen LogP contribution in [0.1, 0.15) is 25.3 Å². The van der Waals surface area contributed by atoms with Gasteiger partial charge < -0.3 is 15.2 Å². The molecule has 0 amide bonds. The summed E-state index contributed by atoms with van der Waals surface area (Å²) in [5, 5.41) is 12.5. The molecule has 0 aliphatic carbocycles. The highest BCUT2D eigenvalue weighted by Crippen LogP contribution is 2.37. The van der Waals surface area contributed by atoms with Gasteiger partial charge in [0.05, 0.1) is 7.11 Å². The summed E-state index contributed by atoms with van der Waals surface area (Å²) in [6.07, 6.45) is 1.89. The Hall–Kier alpha value is -1.71. The van der Waals surface area contributed by atoms with Gasteiger partial charge in [0.25, 0.3) is 0 Å². The number of methoxy groups -OCH3 is 1. The quantitative estimate of drug-likeness (QED) is 0.844. The molecule has 1 atom stereocenters. The predicted molar refractivity (Wildman–Crippen MR) is 65.6 cm³/mol. The van der Waals surface area contributed by atoms with E-state index in [1.165, 1.54) is 0 Å². The number of fused-ring (bicyclic) bond motifs is 1. The topological polar surface area (TPSA) is 58.6 Å². The monoisotopic (exact) mass is 235 g/mol. The van der Waals surface area contributed by atoms with Gasteiger partial charge in [0.2, 0.25) is 0 Å². The van der Waals surface area contributed by atoms with Gasteiger partial charge >= 0.3 is 5.97 Å². The zero-order valence-electron chi connectivity index (χ0n) is 10.1. The minimum atomic E-state index is -0.834.